The van der Waals surface area contributed by atoms with Crippen molar-refractivity contribution in [3.05, 3.63) is 42.0 Å². The van der Waals surface area contributed by atoms with Gasteiger partial charge in [-0.1, -0.05) is 38.1 Å². The number of carbonyl (C=O) groups excluding carboxylic acids is 3. The second-order valence-corrected chi connectivity index (χ2v) is 7.21. The lowest BCUT2D eigenvalue weighted by atomic mass is 9.85. The maximum absolute atomic E-state index is 12.4. The summed E-state index contributed by atoms with van der Waals surface area (Å²) in [5.41, 5.74) is 1.98. The molecule has 1 N–H and O–H groups in total. The van der Waals surface area contributed by atoms with Crippen LogP contribution in [0, 0.1) is 11.8 Å². The van der Waals surface area contributed by atoms with Crippen LogP contribution in [0.3, 0.4) is 0 Å². The number of amides is 3. The van der Waals surface area contributed by atoms with Gasteiger partial charge in [0.2, 0.25) is 17.7 Å². The lowest BCUT2D eigenvalue weighted by molar-refractivity contribution is -0.140. The van der Waals surface area contributed by atoms with E-state index < -0.39 is 0 Å². The molecule has 3 atom stereocenters. The third-order valence-corrected chi connectivity index (χ3v) is 5.54. The van der Waals surface area contributed by atoms with Crippen LogP contribution < -0.4 is 5.32 Å². The Morgan fingerprint density at radius 1 is 1.12 bits per heavy atom. The van der Waals surface area contributed by atoms with E-state index in [9.17, 15) is 14.4 Å². The van der Waals surface area contributed by atoms with Crippen molar-refractivity contribution in [1.29, 1.82) is 0 Å². The van der Waals surface area contributed by atoms with E-state index in [4.69, 9.17) is 0 Å². The maximum atomic E-state index is 12.4. The molecule has 138 valence electrons. The molecular formula is C21H26N2O3. The Hall–Kier alpha value is -2.43. The number of carbonyl (C=O) groups is 3. The van der Waals surface area contributed by atoms with Crippen LogP contribution in [0.15, 0.2) is 36.4 Å². The standard InChI is InChI=1S/C21H26N2O3/c1-3-14(2)15-8-10-16(11-9-15)22-19(24)12-13-23-20(25)17-6-4-5-7-18(17)21(23)26/h4-5,8-11,14,17-18H,3,6-7,12-13H2,1-2H3,(H,22,24)/t14-,17-,18+/m0/s1. The molecule has 0 saturated carbocycles. The van der Waals surface area contributed by atoms with Gasteiger partial charge in [-0.3, -0.25) is 19.3 Å². The van der Waals surface area contributed by atoms with Crippen molar-refractivity contribution in [1.82, 2.24) is 4.90 Å². The molecule has 1 heterocycles. The summed E-state index contributed by atoms with van der Waals surface area (Å²) in [5.74, 6) is -0.419. The highest BCUT2D eigenvalue weighted by atomic mass is 16.2. The molecule has 0 radical (unpaired) electrons. The van der Waals surface area contributed by atoms with E-state index in [0.29, 0.717) is 18.8 Å². The summed E-state index contributed by atoms with van der Waals surface area (Å²) >= 11 is 0. The Labute approximate surface area is 154 Å². The summed E-state index contributed by atoms with van der Waals surface area (Å²) in [6.07, 6.45) is 6.37. The molecule has 3 rings (SSSR count). The summed E-state index contributed by atoms with van der Waals surface area (Å²) in [6, 6.07) is 7.83. The second-order valence-electron chi connectivity index (χ2n) is 7.21. The van der Waals surface area contributed by atoms with Gasteiger partial charge < -0.3 is 5.32 Å². The Kier molecular flexibility index (Phi) is 5.55. The van der Waals surface area contributed by atoms with Gasteiger partial charge in [0.05, 0.1) is 11.8 Å². The van der Waals surface area contributed by atoms with Gasteiger partial charge in [0.25, 0.3) is 0 Å². The van der Waals surface area contributed by atoms with E-state index in [1.165, 1.54) is 10.5 Å². The van der Waals surface area contributed by atoms with Gasteiger partial charge in [-0.25, -0.2) is 0 Å². The van der Waals surface area contributed by atoms with Crippen LogP contribution in [-0.4, -0.2) is 29.2 Å². The van der Waals surface area contributed by atoms with Crippen molar-refractivity contribution < 1.29 is 14.4 Å². The van der Waals surface area contributed by atoms with Gasteiger partial charge in [-0.05, 0) is 42.9 Å². The van der Waals surface area contributed by atoms with Gasteiger partial charge in [-0.2, -0.15) is 0 Å². The molecule has 0 aromatic heterocycles. The minimum Gasteiger partial charge on any atom is -0.326 e. The first-order valence-electron chi connectivity index (χ1n) is 9.41. The molecule has 0 bridgehead atoms. The fourth-order valence-electron chi connectivity index (χ4n) is 3.66. The Balaban J connectivity index is 1.53. The molecule has 3 amide bonds. The summed E-state index contributed by atoms with van der Waals surface area (Å²) in [4.78, 5) is 38.3. The summed E-state index contributed by atoms with van der Waals surface area (Å²) in [6.45, 7) is 4.47. The predicted molar refractivity (Wildman–Crippen MR) is 100 cm³/mol. The number of hydrogen-bond acceptors (Lipinski definition) is 3. The lowest BCUT2D eigenvalue weighted by Gasteiger charge is -2.15. The van der Waals surface area contributed by atoms with E-state index in [0.717, 1.165) is 12.1 Å². The SMILES string of the molecule is CC[C@H](C)c1ccc(NC(=O)CCN2C(=O)[C@H]3CC=CC[C@H]3C2=O)cc1. The van der Waals surface area contributed by atoms with Crippen molar-refractivity contribution in [3.8, 4) is 0 Å². The van der Waals surface area contributed by atoms with Crippen molar-refractivity contribution in [3.63, 3.8) is 0 Å². The average Bonchev–Trinajstić information content (AvgIpc) is 2.91. The average molecular weight is 354 g/mol. The van der Waals surface area contributed by atoms with Gasteiger partial charge in [0.1, 0.15) is 0 Å². The molecule has 5 heteroatoms. The zero-order valence-corrected chi connectivity index (χ0v) is 15.4. The normalized spacial score (nSPS) is 23.1. The van der Waals surface area contributed by atoms with Crippen LogP contribution in [-0.2, 0) is 14.4 Å². The van der Waals surface area contributed by atoms with Crippen LogP contribution in [0.25, 0.3) is 0 Å². The number of allylic oxidation sites excluding steroid dienone is 2. The van der Waals surface area contributed by atoms with E-state index in [1.807, 2.05) is 36.4 Å². The predicted octanol–water partition coefficient (Wildman–Crippen LogP) is 3.48. The first-order valence-corrected chi connectivity index (χ1v) is 9.41. The molecule has 0 unspecified atom stereocenters. The van der Waals surface area contributed by atoms with Crippen LogP contribution >= 0.6 is 0 Å². The molecule has 0 spiro atoms. The smallest absolute Gasteiger partial charge is 0.233 e. The first-order chi connectivity index (χ1) is 12.5. The molecule has 1 aliphatic heterocycles. The van der Waals surface area contributed by atoms with Crippen molar-refractivity contribution in [2.24, 2.45) is 11.8 Å². The van der Waals surface area contributed by atoms with Crippen LogP contribution in [0.4, 0.5) is 5.69 Å². The number of imide groups is 1. The zero-order valence-electron chi connectivity index (χ0n) is 15.4. The molecule has 1 aromatic rings. The fourth-order valence-corrected chi connectivity index (χ4v) is 3.66. The van der Waals surface area contributed by atoms with Gasteiger partial charge in [0, 0.05) is 18.7 Å². The Bertz CT molecular complexity index is 697. The number of nitrogens with one attached hydrogen (secondary N) is 1. The third kappa shape index (κ3) is 3.71. The maximum Gasteiger partial charge on any atom is 0.233 e. The minimum atomic E-state index is -0.233. The fraction of sp³-hybridized carbons (Fsp3) is 0.476. The quantitative estimate of drug-likeness (QED) is 0.628. The molecular weight excluding hydrogens is 328 g/mol. The Morgan fingerprint density at radius 3 is 2.23 bits per heavy atom. The highest BCUT2D eigenvalue weighted by Crippen LogP contribution is 2.35. The van der Waals surface area contributed by atoms with E-state index in [1.54, 1.807) is 0 Å². The summed E-state index contributed by atoms with van der Waals surface area (Å²) in [5, 5.41) is 2.84. The molecule has 1 saturated heterocycles. The third-order valence-electron chi connectivity index (χ3n) is 5.54. The van der Waals surface area contributed by atoms with Gasteiger partial charge in [0.15, 0.2) is 0 Å². The highest BCUT2D eigenvalue weighted by Gasteiger charge is 2.46. The van der Waals surface area contributed by atoms with Gasteiger partial charge in [-0.15, -0.1) is 0 Å². The minimum absolute atomic E-state index is 0.122. The van der Waals surface area contributed by atoms with Crippen LogP contribution in [0.1, 0.15) is 51.0 Å². The number of likely N-dealkylation sites (tertiary alicyclic amines) is 1. The number of rotatable bonds is 6. The number of nitrogens with zero attached hydrogens (tertiary/aromatic N) is 1. The van der Waals surface area contributed by atoms with Crippen LogP contribution in [0.5, 0.6) is 0 Å². The van der Waals surface area contributed by atoms with Crippen LogP contribution in [0.2, 0.25) is 0 Å². The lowest BCUT2D eigenvalue weighted by Crippen LogP contribution is -2.34. The Morgan fingerprint density at radius 2 is 1.69 bits per heavy atom. The second kappa shape index (κ2) is 7.85. The molecule has 1 aromatic carbocycles. The largest absolute Gasteiger partial charge is 0.326 e. The number of anilines is 1. The van der Waals surface area contributed by atoms with Crippen molar-refractivity contribution in [2.75, 3.05) is 11.9 Å². The topological polar surface area (TPSA) is 66.5 Å². The summed E-state index contributed by atoms with van der Waals surface area (Å²) < 4.78 is 0. The number of hydrogen-bond donors (Lipinski definition) is 1. The van der Waals surface area contributed by atoms with Crippen molar-refractivity contribution >= 4 is 23.4 Å². The molecule has 26 heavy (non-hydrogen) atoms. The highest BCUT2D eigenvalue weighted by molar-refractivity contribution is 6.05. The molecule has 1 aliphatic carbocycles. The van der Waals surface area contributed by atoms with Gasteiger partial charge >= 0.3 is 0 Å². The summed E-state index contributed by atoms with van der Waals surface area (Å²) in [7, 11) is 0. The number of benzene rings is 1. The van der Waals surface area contributed by atoms with E-state index in [-0.39, 0.29) is 42.5 Å². The van der Waals surface area contributed by atoms with E-state index in [2.05, 4.69) is 19.2 Å². The molecule has 1 fully saturated rings. The zero-order chi connectivity index (χ0) is 18.7. The van der Waals surface area contributed by atoms with E-state index >= 15 is 0 Å². The van der Waals surface area contributed by atoms with Crippen molar-refractivity contribution in [2.45, 2.75) is 45.4 Å². The monoisotopic (exact) mass is 354 g/mol. The number of fused-ring (bicyclic) bond motifs is 1. The molecule has 2 aliphatic rings. The molecule has 5 nitrogen and oxygen atoms in total. The first kappa shape index (κ1) is 18.4.